The van der Waals surface area contributed by atoms with Gasteiger partial charge in [0.2, 0.25) is 0 Å². The van der Waals surface area contributed by atoms with Crippen LogP contribution in [0.5, 0.6) is 5.75 Å². The number of hydrogen-bond donors (Lipinski definition) is 0. The van der Waals surface area contributed by atoms with E-state index in [0.717, 1.165) is 30.7 Å². The number of carbonyl (C=O) groups is 1. The molecule has 1 heterocycles. The van der Waals surface area contributed by atoms with Crippen molar-refractivity contribution >= 4 is 5.97 Å². The molecule has 0 amide bonds. The Kier molecular flexibility index (Phi) is 10.9. The normalized spacial score (nSPS) is 18.2. The molecule has 0 aliphatic heterocycles. The predicted octanol–water partition coefficient (Wildman–Crippen LogP) is 8.26. The third-order valence-electron chi connectivity index (χ3n) is 7.05. The van der Waals surface area contributed by atoms with Gasteiger partial charge in [-0.05, 0) is 49.5 Å². The predicted molar refractivity (Wildman–Crippen MR) is 135 cm³/mol. The monoisotopic (exact) mass is 450 g/mol. The van der Waals surface area contributed by atoms with Gasteiger partial charge >= 0.3 is 5.97 Å². The van der Waals surface area contributed by atoms with Crippen LogP contribution in [-0.2, 0) is 4.79 Å². The topological polar surface area (TPSA) is 52.1 Å². The van der Waals surface area contributed by atoms with E-state index in [2.05, 4.69) is 48.1 Å². The first-order valence-electron chi connectivity index (χ1n) is 13.3. The second-order valence-corrected chi connectivity index (χ2v) is 9.72. The molecule has 0 radical (unpaired) electrons. The maximum atomic E-state index is 11.9. The van der Waals surface area contributed by atoms with Crippen LogP contribution in [-0.4, -0.2) is 15.9 Å². The molecule has 1 saturated carbocycles. The lowest BCUT2D eigenvalue weighted by molar-refractivity contribution is -0.134. The van der Waals surface area contributed by atoms with Crippen molar-refractivity contribution in [2.24, 2.45) is 5.92 Å². The molecule has 2 aromatic rings. The maximum absolute atomic E-state index is 11.9. The highest BCUT2D eigenvalue weighted by Crippen LogP contribution is 2.38. The van der Waals surface area contributed by atoms with Crippen LogP contribution in [0.4, 0.5) is 0 Å². The lowest BCUT2D eigenvalue weighted by atomic mass is 9.77. The Bertz CT molecular complexity index is 809. The summed E-state index contributed by atoms with van der Waals surface area (Å²) in [6.45, 7) is 4.40. The molecule has 0 saturated heterocycles. The van der Waals surface area contributed by atoms with Gasteiger partial charge in [-0.15, -0.1) is 0 Å². The molecule has 4 nitrogen and oxygen atoms in total. The number of esters is 1. The molecule has 180 valence electrons. The van der Waals surface area contributed by atoms with E-state index in [9.17, 15) is 4.79 Å². The fraction of sp³-hybridized carbons (Fsp3) is 0.621. The minimum atomic E-state index is -0.213. The number of benzene rings is 1. The van der Waals surface area contributed by atoms with E-state index < -0.39 is 0 Å². The Balaban J connectivity index is 1.44. The third kappa shape index (κ3) is 8.57. The van der Waals surface area contributed by atoms with Crippen molar-refractivity contribution in [2.75, 3.05) is 0 Å². The molecule has 4 heteroatoms. The first kappa shape index (κ1) is 25.4. The van der Waals surface area contributed by atoms with Crippen LogP contribution in [0.3, 0.4) is 0 Å². The van der Waals surface area contributed by atoms with Crippen molar-refractivity contribution in [3.63, 3.8) is 0 Å². The molecule has 0 bridgehead atoms. The van der Waals surface area contributed by atoms with Crippen LogP contribution in [0.25, 0.3) is 11.4 Å². The van der Waals surface area contributed by atoms with E-state index in [1.807, 2.05) is 0 Å². The molecular formula is C29H42N2O2. The molecular weight excluding hydrogens is 408 g/mol. The summed E-state index contributed by atoms with van der Waals surface area (Å²) in [6.07, 6.45) is 20.4. The Hall–Kier alpha value is -2.23. The van der Waals surface area contributed by atoms with Crippen LogP contribution in [0, 0.1) is 5.92 Å². The van der Waals surface area contributed by atoms with Gasteiger partial charge in [0.05, 0.1) is 12.4 Å². The van der Waals surface area contributed by atoms with Crippen molar-refractivity contribution in [1.82, 2.24) is 9.97 Å². The fourth-order valence-corrected chi connectivity index (χ4v) is 4.95. The van der Waals surface area contributed by atoms with Crippen LogP contribution < -0.4 is 4.74 Å². The van der Waals surface area contributed by atoms with Crippen LogP contribution in [0.2, 0.25) is 0 Å². The summed E-state index contributed by atoms with van der Waals surface area (Å²) in [5, 5.41) is 0. The molecule has 1 aliphatic carbocycles. The van der Waals surface area contributed by atoms with Crippen molar-refractivity contribution in [1.29, 1.82) is 0 Å². The molecule has 33 heavy (non-hydrogen) atoms. The highest BCUT2D eigenvalue weighted by atomic mass is 16.5. The molecule has 1 fully saturated rings. The first-order chi connectivity index (χ1) is 16.2. The van der Waals surface area contributed by atoms with Gasteiger partial charge < -0.3 is 4.74 Å². The summed E-state index contributed by atoms with van der Waals surface area (Å²) in [6, 6.07) is 8.74. The van der Waals surface area contributed by atoms with Gasteiger partial charge in [0.25, 0.3) is 0 Å². The lowest BCUT2D eigenvalue weighted by Crippen LogP contribution is -2.13. The Morgan fingerprint density at radius 3 is 2.15 bits per heavy atom. The standard InChI is InChI=1S/C29H42N2O2/c1-3-5-7-8-10-11-23-13-15-24(16-14-23)25-17-19-26(20-18-25)29-30-21-27(22-31-29)33-28(32)12-9-6-4-2/h17-24H,3-16H2,1-2H3. The second-order valence-electron chi connectivity index (χ2n) is 9.72. The number of carbonyl (C=O) groups excluding carboxylic acids is 1. The summed E-state index contributed by atoms with van der Waals surface area (Å²) in [5.41, 5.74) is 2.44. The average molecular weight is 451 g/mol. The van der Waals surface area contributed by atoms with Crippen LogP contribution >= 0.6 is 0 Å². The number of ether oxygens (including phenoxy) is 1. The molecule has 0 N–H and O–H groups in total. The smallest absolute Gasteiger partial charge is 0.311 e. The quantitative estimate of drug-likeness (QED) is 0.228. The number of aromatic nitrogens is 2. The van der Waals surface area contributed by atoms with E-state index >= 15 is 0 Å². The van der Waals surface area contributed by atoms with Gasteiger partial charge in [0.15, 0.2) is 11.6 Å². The molecule has 0 spiro atoms. The average Bonchev–Trinajstić information content (AvgIpc) is 2.85. The largest absolute Gasteiger partial charge is 0.423 e. The minimum Gasteiger partial charge on any atom is -0.423 e. The third-order valence-corrected chi connectivity index (χ3v) is 7.05. The summed E-state index contributed by atoms with van der Waals surface area (Å²) < 4.78 is 5.34. The molecule has 3 rings (SSSR count). The van der Waals surface area contributed by atoms with E-state index in [4.69, 9.17) is 4.74 Å². The Morgan fingerprint density at radius 2 is 1.48 bits per heavy atom. The molecule has 1 aromatic carbocycles. The van der Waals surface area contributed by atoms with Gasteiger partial charge in [-0.1, -0.05) is 89.5 Å². The van der Waals surface area contributed by atoms with Crippen LogP contribution in [0.1, 0.15) is 115 Å². The van der Waals surface area contributed by atoms with Crippen molar-refractivity contribution in [3.8, 4) is 17.1 Å². The molecule has 1 aliphatic rings. The molecule has 0 atom stereocenters. The number of hydrogen-bond acceptors (Lipinski definition) is 4. The van der Waals surface area contributed by atoms with E-state index in [1.165, 1.54) is 69.8 Å². The molecule has 0 unspecified atom stereocenters. The SMILES string of the molecule is CCCCCCCC1CCC(c2ccc(-c3ncc(OC(=O)CCCCC)cn3)cc2)CC1. The van der Waals surface area contributed by atoms with E-state index in [0.29, 0.717) is 23.9 Å². The maximum Gasteiger partial charge on any atom is 0.311 e. The summed E-state index contributed by atoms with van der Waals surface area (Å²) in [5.74, 6) is 2.49. The Morgan fingerprint density at radius 1 is 0.848 bits per heavy atom. The minimum absolute atomic E-state index is 0.213. The highest BCUT2D eigenvalue weighted by molar-refractivity contribution is 5.72. The number of rotatable bonds is 13. The Labute approximate surface area is 200 Å². The number of unbranched alkanes of at least 4 members (excludes halogenated alkanes) is 6. The lowest BCUT2D eigenvalue weighted by Gasteiger charge is -2.29. The molecule has 1 aromatic heterocycles. The van der Waals surface area contributed by atoms with Gasteiger partial charge in [-0.25, -0.2) is 9.97 Å². The van der Waals surface area contributed by atoms with Gasteiger partial charge in [-0.2, -0.15) is 0 Å². The summed E-state index contributed by atoms with van der Waals surface area (Å²) in [7, 11) is 0. The van der Waals surface area contributed by atoms with Crippen molar-refractivity contribution < 1.29 is 9.53 Å². The highest BCUT2D eigenvalue weighted by Gasteiger charge is 2.22. The zero-order valence-corrected chi connectivity index (χ0v) is 20.7. The number of nitrogens with zero attached hydrogens (tertiary/aromatic N) is 2. The van der Waals surface area contributed by atoms with E-state index in [-0.39, 0.29) is 5.97 Å². The zero-order chi connectivity index (χ0) is 23.3. The fourth-order valence-electron chi connectivity index (χ4n) is 4.95. The van der Waals surface area contributed by atoms with Gasteiger partial charge in [0.1, 0.15) is 0 Å². The zero-order valence-electron chi connectivity index (χ0n) is 20.7. The van der Waals surface area contributed by atoms with Crippen molar-refractivity contribution in [3.05, 3.63) is 42.2 Å². The first-order valence-corrected chi connectivity index (χ1v) is 13.3. The summed E-state index contributed by atoms with van der Waals surface area (Å²) >= 11 is 0. The van der Waals surface area contributed by atoms with Crippen molar-refractivity contribution in [2.45, 2.75) is 110 Å². The summed E-state index contributed by atoms with van der Waals surface area (Å²) in [4.78, 5) is 20.7. The van der Waals surface area contributed by atoms with Gasteiger partial charge in [-0.3, -0.25) is 4.79 Å². The van der Waals surface area contributed by atoms with Gasteiger partial charge in [0, 0.05) is 12.0 Å². The second kappa shape index (κ2) is 14.1. The van der Waals surface area contributed by atoms with Crippen LogP contribution in [0.15, 0.2) is 36.7 Å². The van der Waals surface area contributed by atoms with E-state index in [1.54, 1.807) is 12.4 Å².